The minimum Gasteiger partial charge on any atom is -0.488 e. The summed E-state index contributed by atoms with van der Waals surface area (Å²) in [4.78, 5) is 40.5. The number of fused-ring (bicyclic) bond motifs is 1. The summed E-state index contributed by atoms with van der Waals surface area (Å²) in [6.07, 6.45) is 0.785. The number of hydrogen-bond acceptors (Lipinski definition) is 6. The Bertz CT molecular complexity index is 1190. The van der Waals surface area contributed by atoms with E-state index >= 15 is 0 Å². The average molecular weight is 496 g/mol. The second kappa shape index (κ2) is 9.99. The van der Waals surface area contributed by atoms with Gasteiger partial charge in [-0.3, -0.25) is 24.6 Å². The van der Waals surface area contributed by atoms with Gasteiger partial charge in [-0.05, 0) is 44.0 Å². The maximum Gasteiger partial charge on any atom is 0.255 e. The Morgan fingerprint density at radius 2 is 1.89 bits per heavy atom. The molecule has 2 unspecified atom stereocenters. The SMILES string of the molecule is CC1CN(Cc2ccc(COc3cccc4c3CN([C@H]3CCC(=O)NC3=O)C4=O)c(F)c2)CC(C)O1. The molecule has 190 valence electrons. The zero-order valence-corrected chi connectivity index (χ0v) is 20.5. The highest BCUT2D eigenvalue weighted by Crippen LogP contribution is 2.34. The molecule has 0 aromatic heterocycles. The summed E-state index contributed by atoms with van der Waals surface area (Å²) in [5, 5.41) is 2.30. The molecule has 9 heteroatoms. The minimum atomic E-state index is -0.696. The van der Waals surface area contributed by atoms with E-state index in [1.54, 1.807) is 30.3 Å². The van der Waals surface area contributed by atoms with Crippen molar-refractivity contribution in [1.29, 1.82) is 0 Å². The van der Waals surface area contributed by atoms with Crippen LogP contribution in [-0.4, -0.2) is 58.9 Å². The third kappa shape index (κ3) is 4.99. The molecule has 2 aromatic carbocycles. The lowest BCUT2D eigenvalue weighted by molar-refractivity contribution is -0.136. The molecule has 2 aromatic rings. The molecule has 0 aliphatic carbocycles. The summed E-state index contributed by atoms with van der Waals surface area (Å²) < 4.78 is 26.6. The van der Waals surface area contributed by atoms with Gasteiger partial charge in [-0.1, -0.05) is 18.2 Å². The molecule has 0 spiro atoms. The molecule has 8 nitrogen and oxygen atoms in total. The lowest BCUT2D eigenvalue weighted by Crippen LogP contribution is -2.52. The van der Waals surface area contributed by atoms with Gasteiger partial charge in [0, 0.05) is 42.7 Å². The van der Waals surface area contributed by atoms with E-state index in [0.29, 0.717) is 35.4 Å². The van der Waals surface area contributed by atoms with Gasteiger partial charge in [-0.25, -0.2) is 4.39 Å². The zero-order valence-electron chi connectivity index (χ0n) is 20.5. The number of imide groups is 1. The van der Waals surface area contributed by atoms with E-state index in [2.05, 4.69) is 10.2 Å². The zero-order chi connectivity index (χ0) is 25.4. The first kappa shape index (κ1) is 24.4. The number of piperidine rings is 1. The molecule has 3 amide bonds. The summed E-state index contributed by atoms with van der Waals surface area (Å²) in [5.41, 5.74) is 2.44. The Balaban J connectivity index is 1.25. The van der Waals surface area contributed by atoms with E-state index < -0.39 is 11.9 Å². The third-order valence-corrected chi connectivity index (χ3v) is 6.94. The number of nitrogens with zero attached hydrogens (tertiary/aromatic N) is 2. The molecule has 5 rings (SSSR count). The maximum absolute atomic E-state index is 14.9. The van der Waals surface area contributed by atoms with Gasteiger partial charge >= 0.3 is 0 Å². The fourth-order valence-corrected chi connectivity index (χ4v) is 5.33. The van der Waals surface area contributed by atoms with Crippen LogP contribution >= 0.6 is 0 Å². The Labute approximate surface area is 209 Å². The summed E-state index contributed by atoms with van der Waals surface area (Å²) in [5.74, 6) is -0.914. The quantitative estimate of drug-likeness (QED) is 0.620. The summed E-state index contributed by atoms with van der Waals surface area (Å²) >= 11 is 0. The predicted molar refractivity (Wildman–Crippen MR) is 129 cm³/mol. The van der Waals surface area contributed by atoms with Gasteiger partial charge < -0.3 is 14.4 Å². The standard InChI is InChI=1S/C27H30FN3O5/c1-16-11-30(12-17(2)36-16)13-18-6-7-19(22(28)10-18)15-35-24-5-3-4-20-21(24)14-31(27(20)34)23-8-9-25(32)29-26(23)33/h3-7,10,16-17,23H,8-9,11-15H2,1-2H3,(H,29,32,33)/t16?,17?,23-/m0/s1. The van der Waals surface area contributed by atoms with Gasteiger partial charge in [0.15, 0.2) is 0 Å². The molecule has 3 aliphatic heterocycles. The Morgan fingerprint density at radius 3 is 2.61 bits per heavy atom. The van der Waals surface area contributed by atoms with E-state index in [9.17, 15) is 18.8 Å². The van der Waals surface area contributed by atoms with Crippen LogP contribution in [0.4, 0.5) is 4.39 Å². The van der Waals surface area contributed by atoms with Gasteiger partial charge in [-0.15, -0.1) is 0 Å². The van der Waals surface area contributed by atoms with Crippen molar-refractivity contribution in [1.82, 2.24) is 15.1 Å². The highest BCUT2D eigenvalue weighted by Gasteiger charge is 2.40. The second-order valence-electron chi connectivity index (χ2n) is 9.85. The van der Waals surface area contributed by atoms with Gasteiger partial charge in [0.25, 0.3) is 5.91 Å². The van der Waals surface area contributed by atoms with Crippen LogP contribution < -0.4 is 10.1 Å². The van der Waals surface area contributed by atoms with Gasteiger partial charge in [0.2, 0.25) is 11.8 Å². The average Bonchev–Trinajstić information content (AvgIpc) is 3.15. The Kier molecular flexibility index (Phi) is 6.77. The molecule has 0 bridgehead atoms. The lowest BCUT2D eigenvalue weighted by Gasteiger charge is -2.35. The van der Waals surface area contributed by atoms with E-state index in [0.717, 1.165) is 18.7 Å². The van der Waals surface area contributed by atoms with Crippen molar-refractivity contribution in [2.24, 2.45) is 0 Å². The number of hydrogen-bond donors (Lipinski definition) is 1. The first-order valence-corrected chi connectivity index (χ1v) is 12.3. The Morgan fingerprint density at radius 1 is 1.11 bits per heavy atom. The largest absolute Gasteiger partial charge is 0.488 e. The number of carbonyl (C=O) groups excluding carboxylic acids is 3. The van der Waals surface area contributed by atoms with Gasteiger partial charge in [0.1, 0.15) is 24.2 Å². The van der Waals surface area contributed by atoms with Crippen LogP contribution in [0.25, 0.3) is 0 Å². The monoisotopic (exact) mass is 495 g/mol. The first-order valence-electron chi connectivity index (χ1n) is 12.3. The topological polar surface area (TPSA) is 88.2 Å². The van der Waals surface area contributed by atoms with Crippen molar-refractivity contribution < 1.29 is 28.2 Å². The highest BCUT2D eigenvalue weighted by atomic mass is 19.1. The number of morpholine rings is 1. The number of ether oxygens (including phenoxy) is 2. The van der Waals surface area contributed by atoms with E-state index in [1.807, 2.05) is 19.9 Å². The molecular formula is C27H30FN3O5. The van der Waals surface area contributed by atoms with E-state index in [-0.39, 0.29) is 49.4 Å². The van der Waals surface area contributed by atoms with Crippen LogP contribution in [0.5, 0.6) is 5.75 Å². The fourth-order valence-electron chi connectivity index (χ4n) is 5.33. The molecule has 1 N–H and O–H groups in total. The molecule has 2 saturated heterocycles. The molecule has 3 atom stereocenters. The molecule has 3 heterocycles. The first-order chi connectivity index (χ1) is 17.3. The molecular weight excluding hydrogens is 465 g/mol. The van der Waals surface area contributed by atoms with Crippen LogP contribution in [0.3, 0.4) is 0 Å². The number of halogens is 1. The molecule has 3 aliphatic rings. The number of amides is 3. The number of rotatable bonds is 6. The Hall–Kier alpha value is -3.30. The summed E-state index contributed by atoms with van der Waals surface area (Å²) in [6.45, 7) is 6.58. The molecule has 0 saturated carbocycles. The van der Waals surface area contributed by atoms with Crippen LogP contribution in [0.1, 0.15) is 53.7 Å². The number of benzene rings is 2. The van der Waals surface area contributed by atoms with Crippen molar-refractivity contribution >= 4 is 17.7 Å². The molecule has 2 fully saturated rings. The van der Waals surface area contributed by atoms with Crippen LogP contribution in [0, 0.1) is 5.82 Å². The molecule has 0 radical (unpaired) electrons. The van der Waals surface area contributed by atoms with Gasteiger partial charge in [0.05, 0.1) is 18.8 Å². The minimum absolute atomic E-state index is 0.0147. The van der Waals surface area contributed by atoms with Crippen molar-refractivity contribution in [2.45, 2.75) is 64.6 Å². The third-order valence-electron chi connectivity index (χ3n) is 6.94. The second-order valence-corrected chi connectivity index (χ2v) is 9.85. The van der Waals surface area contributed by atoms with Crippen LogP contribution in [0.2, 0.25) is 0 Å². The summed E-state index contributed by atoms with van der Waals surface area (Å²) in [7, 11) is 0. The number of nitrogens with one attached hydrogen (secondary N) is 1. The van der Waals surface area contributed by atoms with Gasteiger partial charge in [-0.2, -0.15) is 0 Å². The fraction of sp³-hybridized carbons (Fsp3) is 0.444. The van der Waals surface area contributed by atoms with Crippen molar-refractivity contribution in [2.75, 3.05) is 13.1 Å². The highest BCUT2D eigenvalue weighted by molar-refractivity contribution is 6.05. The van der Waals surface area contributed by atoms with Crippen molar-refractivity contribution in [3.05, 3.63) is 64.5 Å². The van der Waals surface area contributed by atoms with Crippen LogP contribution in [-0.2, 0) is 34.0 Å². The van der Waals surface area contributed by atoms with Crippen molar-refractivity contribution in [3.8, 4) is 5.75 Å². The smallest absolute Gasteiger partial charge is 0.255 e. The maximum atomic E-state index is 14.9. The molecule has 36 heavy (non-hydrogen) atoms. The predicted octanol–water partition coefficient (Wildman–Crippen LogP) is 2.77. The normalized spacial score (nSPS) is 24.6. The van der Waals surface area contributed by atoms with E-state index in [4.69, 9.17) is 9.47 Å². The lowest BCUT2D eigenvalue weighted by atomic mass is 10.0. The van der Waals surface area contributed by atoms with Crippen molar-refractivity contribution in [3.63, 3.8) is 0 Å². The van der Waals surface area contributed by atoms with Crippen LogP contribution in [0.15, 0.2) is 36.4 Å². The summed E-state index contributed by atoms with van der Waals surface area (Å²) in [6, 6.07) is 9.65. The van der Waals surface area contributed by atoms with E-state index in [1.165, 1.54) is 4.90 Å². The number of carbonyl (C=O) groups is 3.